The number of rotatable bonds is 5. The summed E-state index contributed by atoms with van der Waals surface area (Å²) in [6.07, 6.45) is 0. The molecule has 0 saturated carbocycles. The second-order valence-corrected chi connectivity index (χ2v) is 6.57. The number of pyridine rings is 2. The highest BCUT2D eigenvalue weighted by Crippen LogP contribution is 2.42. The van der Waals surface area contributed by atoms with Crippen molar-refractivity contribution in [2.75, 3.05) is 0 Å². The van der Waals surface area contributed by atoms with Gasteiger partial charge in [0.05, 0.1) is 0 Å². The number of hydrogen-bond acceptors (Lipinski definition) is 4. The standard InChI is InChI=1S/C22H14Cl2N2O2/c23-18-11-5-13-20(25-18)27-17-10-4-9-16(15-7-2-1-3-8-15)22(17)28-21-14-6-12-19(24)26-21/h1-14H. The van der Waals surface area contributed by atoms with E-state index in [4.69, 9.17) is 32.7 Å². The van der Waals surface area contributed by atoms with E-state index in [0.717, 1.165) is 11.1 Å². The molecular formula is C22H14Cl2N2O2. The zero-order valence-corrected chi connectivity index (χ0v) is 16.1. The summed E-state index contributed by atoms with van der Waals surface area (Å²) in [5.41, 5.74) is 1.82. The van der Waals surface area contributed by atoms with Crippen molar-refractivity contribution in [2.24, 2.45) is 0 Å². The number of aromatic nitrogens is 2. The van der Waals surface area contributed by atoms with Crippen LogP contribution in [0.1, 0.15) is 0 Å². The maximum absolute atomic E-state index is 6.10. The molecule has 28 heavy (non-hydrogen) atoms. The van der Waals surface area contributed by atoms with Gasteiger partial charge in [0, 0.05) is 17.7 Å². The fourth-order valence-corrected chi connectivity index (χ4v) is 2.97. The van der Waals surface area contributed by atoms with Crippen molar-refractivity contribution in [3.63, 3.8) is 0 Å². The van der Waals surface area contributed by atoms with Crippen LogP contribution in [0.4, 0.5) is 0 Å². The molecule has 0 fully saturated rings. The van der Waals surface area contributed by atoms with Crippen LogP contribution in [0.3, 0.4) is 0 Å². The fraction of sp³-hybridized carbons (Fsp3) is 0. The first kappa shape index (κ1) is 18.3. The molecule has 0 aliphatic rings. The molecular weight excluding hydrogens is 395 g/mol. The molecule has 6 heteroatoms. The highest BCUT2D eigenvalue weighted by molar-refractivity contribution is 6.29. The van der Waals surface area contributed by atoms with Gasteiger partial charge in [-0.3, -0.25) is 0 Å². The smallest absolute Gasteiger partial charge is 0.220 e. The first-order chi connectivity index (χ1) is 13.7. The lowest BCUT2D eigenvalue weighted by Gasteiger charge is -2.15. The lowest BCUT2D eigenvalue weighted by molar-refractivity contribution is 0.403. The van der Waals surface area contributed by atoms with Gasteiger partial charge in [-0.15, -0.1) is 0 Å². The summed E-state index contributed by atoms with van der Waals surface area (Å²) in [7, 11) is 0. The van der Waals surface area contributed by atoms with Gasteiger partial charge in [0.15, 0.2) is 11.5 Å². The van der Waals surface area contributed by atoms with Crippen LogP contribution in [0.25, 0.3) is 11.1 Å². The summed E-state index contributed by atoms with van der Waals surface area (Å²) in [4.78, 5) is 8.40. The van der Waals surface area contributed by atoms with Crippen LogP contribution in [0.5, 0.6) is 23.3 Å². The summed E-state index contributed by atoms with van der Waals surface area (Å²) in [5.74, 6) is 1.71. The molecule has 2 aromatic heterocycles. The molecule has 2 aromatic carbocycles. The molecule has 0 N–H and O–H groups in total. The van der Waals surface area contributed by atoms with E-state index in [0.29, 0.717) is 33.6 Å². The van der Waals surface area contributed by atoms with Crippen LogP contribution >= 0.6 is 23.2 Å². The van der Waals surface area contributed by atoms with Crippen LogP contribution in [-0.2, 0) is 0 Å². The van der Waals surface area contributed by atoms with Crippen LogP contribution in [0, 0.1) is 0 Å². The first-order valence-electron chi connectivity index (χ1n) is 8.48. The van der Waals surface area contributed by atoms with Crippen molar-refractivity contribution in [1.82, 2.24) is 9.97 Å². The van der Waals surface area contributed by atoms with Crippen LogP contribution in [0.2, 0.25) is 10.3 Å². The molecule has 0 radical (unpaired) electrons. The Labute approximate surface area is 172 Å². The lowest BCUT2D eigenvalue weighted by atomic mass is 10.0. The maximum Gasteiger partial charge on any atom is 0.220 e. The van der Waals surface area contributed by atoms with E-state index in [1.807, 2.05) is 42.5 Å². The Bertz CT molecular complexity index is 1100. The van der Waals surface area contributed by atoms with Gasteiger partial charge in [0.25, 0.3) is 0 Å². The van der Waals surface area contributed by atoms with Gasteiger partial charge < -0.3 is 9.47 Å². The minimum absolute atomic E-state index is 0.341. The third-order valence-corrected chi connectivity index (χ3v) is 4.28. The molecule has 0 spiro atoms. The molecule has 0 bridgehead atoms. The Morgan fingerprint density at radius 2 is 1.18 bits per heavy atom. The summed E-state index contributed by atoms with van der Waals surface area (Å²) < 4.78 is 12.1. The quantitative estimate of drug-likeness (QED) is 0.332. The van der Waals surface area contributed by atoms with E-state index in [1.165, 1.54) is 0 Å². The van der Waals surface area contributed by atoms with Crippen molar-refractivity contribution in [1.29, 1.82) is 0 Å². The zero-order valence-electron chi connectivity index (χ0n) is 14.5. The van der Waals surface area contributed by atoms with E-state index < -0.39 is 0 Å². The third kappa shape index (κ3) is 4.25. The number of nitrogens with zero attached hydrogens (tertiary/aromatic N) is 2. The summed E-state index contributed by atoms with van der Waals surface area (Å²) in [5, 5.41) is 0.685. The minimum atomic E-state index is 0.341. The Morgan fingerprint density at radius 3 is 1.82 bits per heavy atom. The predicted octanol–water partition coefficient (Wildman–Crippen LogP) is 7.04. The van der Waals surface area contributed by atoms with Crippen molar-refractivity contribution in [2.45, 2.75) is 0 Å². The SMILES string of the molecule is Clc1cccc(Oc2cccc(-c3ccccc3)c2Oc2cccc(Cl)n2)n1. The molecule has 4 aromatic rings. The topological polar surface area (TPSA) is 44.2 Å². The van der Waals surface area contributed by atoms with Gasteiger partial charge in [-0.05, 0) is 23.8 Å². The third-order valence-electron chi connectivity index (χ3n) is 3.86. The zero-order chi connectivity index (χ0) is 19.3. The first-order valence-corrected chi connectivity index (χ1v) is 9.24. The number of benzene rings is 2. The van der Waals surface area contributed by atoms with E-state index in [9.17, 15) is 0 Å². The highest BCUT2D eigenvalue weighted by atomic mass is 35.5. The molecule has 138 valence electrons. The van der Waals surface area contributed by atoms with Crippen molar-refractivity contribution in [3.8, 4) is 34.4 Å². The van der Waals surface area contributed by atoms with Crippen molar-refractivity contribution in [3.05, 3.63) is 95.2 Å². The van der Waals surface area contributed by atoms with Gasteiger partial charge in [0.2, 0.25) is 11.8 Å². The van der Waals surface area contributed by atoms with Crippen LogP contribution < -0.4 is 9.47 Å². The summed E-state index contributed by atoms with van der Waals surface area (Å²) in [6.45, 7) is 0. The van der Waals surface area contributed by atoms with Gasteiger partial charge >= 0.3 is 0 Å². The Morgan fingerprint density at radius 1 is 0.571 bits per heavy atom. The molecule has 4 rings (SSSR count). The second-order valence-electron chi connectivity index (χ2n) is 5.80. The molecule has 0 atom stereocenters. The minimum Gasteiger partial charge on any atom is -0.435 e. The van der Waals surface area contributed by atoms with Gasteiger partial charge in [-0.2, -0.15) is 0 Å². The fourth-order valence-electron chi connectivity index (χ4n) is 2.66. The average molecular weight is 409 g/mol. The lowest BCUT2D eigenvalue weighted by Crippen LogP contribution is -1.96. The summed E-state index contributed by atoms with van der Waals surface area (Å²) >= 11 is 12.0. The van der Waals surface area contributed by atoms with E-state index in [2.05, 4.69) is 9.97 Å². The predicted molar refractivity (Wildman–Crippen MR) is 111 cm³/mol. The maximum atomic E-state index is 6.10. The van der Waals surface area contributed by atoms with E-state index in [-0.39, 0.29) is 0 Å². The van der Waals surface area contributed by atoms with Crippen molar-refractivity contribution < 1.29 is 9.47 Å². The van der Waals surface area contributed by atoms with Crippen LogP contribution in [0.15, 0.2) is 84.9 Å². The average Bonchev–Trinajstić information content (AvgIpc) is 2.70. The number of ether oxygens (including phenoxy) is 2. The van der Waals surface area contributed by atoms with E-state index >= 15 is 0 Å². The Kier molecular flexibility index (Phi) is 5.42. The largest absolute Gasteiger partial charge is 0.435 e. The normalized spacial score (nSPS) is 10.5. The Balaban J connectivity index is 1.80. The van der Waals surface area contributed by atoms with Crippen molar-refractivity contribution >= 4 is 23.2 Å². The van der Waals surface area contributed by atoms with Gasteiger partial charge in [0.1, 0.15) is 10.3 Å². The van der Waals surface area contributed by atoms with Gasteiger partial charge in [-0.25, -0.2) is 9.97 Å². The molecule has 0 aliphatic carbocycles. The second kappa shape index (κ2) is 8.30. The molecule has 0 amide bonds. The number of para-hydroxylation sites is 1. The number of halogens is 2. The Hall–Kier alpha value is -3.08. The molecule has 0 saturated heterocycles. The molecule has 0 unspecified atom stereocenters. The molecule has 4 nitrogen and oxygen atoms in total. The summed E-state index contributed by atoms with van der Waals surface area (Å²) in [6, 6.07) is 25.9. The number of hydrogen-bond donors (Lipinski definition) is 0. The van der Waals surface area contributed by atoms with E-state index in [1.54, 1.807) is 42.5 Å². The van der Waals surface area contributed by atoms with Gasteiger partial charge in [-0.1, -0.05) is 77.8 Å². The monoisotopic (exact) mass is 408 g/mol. The van der Waals surface area contributed by atoms with Crippen LogP contribution in [-0.4, -0.2) is 9.97 Å². The highest BCUT2D eigenvalue weighted by Gasteiger charge is 2.16. The molecule has 2 heterocycles. The molecule has 0 aliphatic heterocycles.